The lowest BCUT2D eigenvalue weighted by Gasteiger charge is -2.32. The molecule has 2 amide bonds. The van der Waals surface area contributed by atoms with Gasteiger partial charge in [-0.25, -0.2) is 4.98 Å². The minimum absolute atomic E-state index is 0.0214. The summed E-state index contributed by atoms with van der Waals surface area (Å²) in [4.78, 5) is 31.1. The Kier molecular flexibility index (Phi) is 7.20. The quantitative estimate of drug-likeness (QED) is 0.771. The van der Waals surface area contributed by atoms with Crippen molar-refractivity contribution >= 4 is 23.2 Å². The van der Waals surface area contributed by atoms with Crippen LogP contribution in [-0.2, 0) is 22.6 Å². The van der Waals surface area contributed by atoms with Gasteiger partial charge in [0.2, 0.25) is 11.8 Å². The first-order chi connectivity index (χ1) is 13.5. The van der Waals surface area contributed by atoms with Gasteiger partial charge >= 0.3 is 0 Å². The number of aryl methyl sites for hydroxylation is 1. The molecule has 2 heterocycles. The van der Waals surface area contributed by atoms with E-state index in [0.717, 1.165) is 43.1 Å². The van der Waals surface area contributed by atoms with Crippen LogP contribution in [0.2, 0.25) is 0 Å². The molecule has 1 aromatic carbocycles. The second kappa shape index (κ2) is 9.82. The summed E-state index contributed by atoms with van der Waals surface area (Å²) < 4.78 is 0. The third-order valence-electron chi connectivity index (χ3n) is 5.13. The predicted molar refractivity (Wildman–Crippen MR) is 112 cm³/mol. The Bertz CT molecular complexity index is 788. The zero-order valence-corrected chi connectivity index (χ0v) is 17.5. The zero-order valence-electron chi connectivity index (χ0n) is 16.7. The molecule has 150 valence electrons. The molecule has 0 saturated carbocycles. The fourth-order valence-corrected chi connectivity index (χ4v) is 4.38. The molecular formula is C22H29N3O2S. The van der Waals surface area contributed by atoms with E-state index < -0.39 is 0 Å². The van der Waals surface area contributed by atoms with Gasteiger partial charge in [-0.2, -0.15) is 0 Å². The molecule has 0 bridgehead atoms. The summed E-state index contributed by atoms with van der Waals surface area (Å²) in [7, 11) is 0. The number of benzene rings is 1. The van der Waals surface area contributed by atoms with Gasteiger partial charge in [-0.1, -0.05) is 44.2 Å². The topological polar surface area (TPSA) is 62.3 Å². The first-order valence-electron chi connectivity index (χ1n) is 10.1. The van der Waals surface area contributed by atoms with Crippen LogP contribution in [0.4, 0.5) is 0 Å². The number of carbonyl (C=O) groups is 2. The third kappa shape index (κ3) is 5.64. The molecule has 5 nitrogen and oxygen atoms in total. The van der Waals surface area contributed by atoms with E-state index in [0.29, 0.717) is 18.9 Å². The lowest BCUT2D eigenvalue weighted by Crippen LogP contribution is -2.39. The Morgan fingerprint density at radius 2 is 2.07 bits per heavy atom. The first-order valence-corrected chi connectivity index (χ1v) is 10.9. The average molecular weight is 400 g/mol. The van der Waals surface area contributed by atoms with Gasteiger partial charge < -0.3 is 10.2 Å². The molecule has 1 unspecified atom stereocenters. The molecule has 1 aliphatic heterocycles. The fourth-order valence-electron chi connectivity index (χ4n) is 3.43. The predicted octanol–water partition coefficient (Wildman–Crippen LogP) is 3.75. The van der Waals surface area contributed by atoms with Gasteiger partial charge in [-0.15, -0.1) is 11.3 Å². The van der Waals surface area contributed by atoms with Gasteiger partial charge in [0.05, 0.1) is 17.2 Å². The highest BCUT2D eigenvalue weighted by atomic mass is 32.1. The zero-order chi connectivity index (χ0) is 19.9. The van der Waals surface area contributed by atoms with Crippen molar-refractivity contribution in [1.29, 1.82) is 0 Å². The summed E-state index contributed by atoms with van der Waals surface area (Å²) in [6.45, 7) is 5.83. The van der Waals surface area contributed by atoms with Gasteiger partial charge in [0, 0.05) is 36.7 Å². The normalized spacial score (nSPS) is 17.0. The van der Waals surface area contributed by atoms with Crippen LogP contribution >= 0.6 is 11.3 Å². The standard InChI is InChI=1S/C22H29N3O2S/c1-16(2)21(27)23-13-19-15-28-22(24-19)18-9-6-12-25(14-18)20(26)11-10-17-7-4-3-5-8-17/h3-5,7-8,15-16,18H,6,9-14H2,1-2H3,(H,23,27). The van der Waals surface area contributed by atoms with Crippen molar-refractivity contribution in [2.45, 2.75) is 52.0 Å². The van der Waals surface area contributed by atoms with Crippen molar-refractivity contribution in [1.82, 2.24) is 15.2 Å². The first kappa shape index (κ1) is 20.5. The highest BCUT2D eigenvalue weighted by Crippen LogP contribution is 2.29. The smallest absolute Gasteiger partial charge is 0.222 e. The van der Waals surface area contributed by atoms with Gasteiger partial charge in [-0.05, 0) is 24.8 Å². The van der Waals surface area contributed by atoms with Crippen molar-refractivity contribution < 1.29 is 9.59 Å². The molecule has 2 aromatic rings. The maximum atomic E-state index is 12.7. The van der Waals surface area contributed by atoms with Gasteiger partial charge in [0.25, 0.3) is 0 Å². The van der Waals surface area contributed by atoms with Gasteiger partial charge in [0.15, 0.2) is 0 Å². The Morgan fingerprint density at radius 3 is 2.82 bits per heavy atom. The number of carbonyl (C=O) groups excluding carboxylic acids is 2. The molecule has 1 aromatic heterocycles. The van der Waals surface area contributed by atoms with Crippen molar-refractivity contribution in [2.75, 3.05) is 13.1 Å². The van der Waals surface area contributed by atoms with Crippen LogP contribution in [0.1, 0.15) is 55.3 Å². The summed E-state index contributed by atoms with van der Waals surface area (Å²) in [6.07, 6.45) is 3.42. The molecule has 28 heavy (non-hydrogen) atoms. The van der Waals surface area contributed by atoms with Crippen molar-refractivity contribution in [2.24, 2.45) is 5.92 Å². The lowest BCUT2D eigenvalue weighted by atomic mass is 9.98. The average Bonchev–Trinajstić information content (AvgIpc) is 3.20. The number of amides is 2. The lowest BCUT2D eigenvalue weighted by molar-refractivity contribution is -0.132. The van der Waals surface area contributed by atoms with Crippen LogP contribution in [0.25, 0.3) is 0 Å². The van der Waals surface area contributed by atoms with Crippen molar-refractivity contribution in [3.05, 3.63) is 52.0 Å². The Morgan fingerprint density at radius 1 is 1.29 bits per heavy atom. The highest BCUT2D eigenvalue weighted by Gasteiger charge is 2.26. The second-order valence-electron chi connectivity index (χ2n) is 7.71. The summed E-state index contributed by atoms with van der Waals surface area (Å²) in [5.41, 5.74) is 2.11. The van der Waals surface area contributed by atoms with Crippen LogP contribution < -0.4 is 5.32 Å². The van der Waals surface area contributed by atoms with Crippen molar-refractivity contribution in [3.63, 3.8) is 0 Å². The van der Waals surface area contributed by atoms with Crippen LogP contribution in [0.15, 0.2) is 35.7 Å². The third-order valence-corrected chi connectivity index (χ3v) is 6.19. The SMILES string of the molecule is CC(C)C(=O)NCc1csc(C2CCCN(C(=O)CCc3ccccc3)C2)n1. The maximum Gasteiger partial charge on any atom is 0.222 e. The molecule has 1 aliphatic rings. The second-order valence-corrected chi connectivity index (χ2v) is 8.60. The molecule has 0 aliphatic carbocycles. The van der Waals surface area contributed by atoms with E-state index in [1.165, 1.54) is 5.56 Å². The fraction of sp³-hybridized carbons (Fsp3) is 0.500. The summed E-state index contributed by atoms with van der Waals surface area (Å²) in [5.74, 6) is 0.554. The number of hydrogen-bond donors (Lipinski definition) is 1. The monoisotopic (exact) mass is 399 g/mol. The molecule has 3 rings (SSSR count). The number of hydrogen-bond acceptors (Lipinski definition) is 4. The number of piperidine rings is 1. The molecule has 1 saturated heterocycles. The van der Waals surface area contributed by atoms with Crippen molar-refractivity contribution in [3.8, 4) is 0 Å². The van der Waals surface area contributed by atoms with E-state index in [1.54, 1.807) is 11.3 Å². The molecule has 6 heteroatoms. The van der Waals surface area contributed by atoms with Crippen LogP contribution in [0.5, 0.6) is 0 Å². The number of aromatic nitrogens is 1. The van der Waals surface area contributed by atoms with E-state index in [1.807, 2.05) is 42.3 Å². The minimum atomic E-state index is -0.0214. The molecule has 1 fully saturated rings. The van der Waals surface area contributed by atoms with Crippen LogP contribution in [-0.4, -0.2) is 34.8 Å². The summed E-state index contributed by atoms with van der Waals surface area (Å²) in [6, 6.07) is 10.2. The molecule has 0 spiro atoms. The van der Waals surface area contributed by atoms with E-state index in [2.05, 4.69) is 17.4 Å². The Balaban J connectivity index is 1.51. The largest absolute Gasteiger partial charge is 0.350 e. The van der Waals surface area contributed by atoms with Crippen LogP contribution in [0, 0.1) is 5.92 Å². The van der Waals surface area contributed by atoms with E-state index in [9.17, 15) is 9.59 Å². The highest BCUT2D eigenvalue weighted by molar-refractivity contribution is 7.09. The molecule has 1 atom stereocenters. The number of nitrogens with one attached hydrogen (secondary N) is 1. The maximum absolute atomic E-state index is 12.7. The van der Waals surface area contributed by atoms with Gasteiger partial charge in [0.1, 0.15) is 0 Å². The molecule has 1 N–H and O–H groups in total. The summed E-state index contributed by atoms with van der Waals surface area (Å²) in [5, 5.41) is 6.01. The summed E-state index contributed by atoms with van der Waals surface area (Å²) >= 11 is 1.64. The number of nitrogens with zero attached hydrogens (tertiary/aromatic N) is 2. The van der Waals surface area contributed by atoms with Crippen LogP contribution in [0.3, 0.4) is 0 Å². The number of rotatable bonds is 7. The van der Waals surface area contributed by atoms with E-state index in [4.69, 9.17) is 4.98 Å². The van der Waals surface area contributed by atoms with E-state index in [-0.39, 0.29) is 17.7 Å². The number of thiazole rings is 1. The molecule has 0 radical (unpaired) electrons. The minimum Gasteiger partial charge on any atom is -0.350 e. The van der Waals surface area contributed by atoms with Gasteiger partial charge in [-0.3, -0.25) is 9.59 Å². The Hall–Kier alpha value is -2.21. The molecular weight excluding hydrogens is 370 g/mol. The number of likely N-dealkylation sites (tertiary alicyclic amines) is 1. The Labute approximate surface area is 171 Å². The van der Waals surface area contributed by atoms with E-state index >= 15 is 0 Å².